The molecule has 4 nitrogen and oxygen atoms in total. The average molecular weight is 307 g/mol. The van der Waals surface area contributed by atoms with Crippen LogP contribution in [-0.2, 0) is 11.2 Å². The van der Waals surface area contributed by atoms with Crippen molar-refractivity contribution in [1.29, 1.82) is 0 Å². The second kappa shape index (κ2) is 4.82. The van der Waals surface area contributed by atoms with Gasteiger partial charge in [-0.25, -0.2) is 0 Å². The summed E-state index contributed by atoms with van der Waals surface area (Å²) in [6, 6.07) is 8.35. The summed E-state index contributed by atoms with van der Waals surface area (Å²) in [5.74, 6) is 0. The molecule has 1 atom stereocenters. The van der Waals surface area contributed by atoms with Crippen LogP contribution in [0.5, 0.6) is 0 Å². The zero-order valence-electron chi connectivity index (χ0n) is 13.7. The van der Waals surface area contributed by atoms with Gasteiger partial charge in [0.25, 0.3) is 0 Å². The Morgan fingerprint density at radius 1 is 1.35 bits per heavy atom. The third-order valence-corrected chi connectivity index (χ3v) is 4.97. The van der Waals surface area contributed by atoms with Crippen molar-refractivity contribution in [2.45, 2.75) is 39.7 Å². The summed E-state index contributed by atoms with van der Waals surface area (Å²) >= 11 is 0. The lowest BCUT2D eigenvalue weighted by Gasteiger charge is -2.36. The molecule has 1 aliphatic carbocycles. The van der Waals surface area contributed by atoms with E-state index in [4.69, 9.17) is 4.98 Å². The summed E-state index contributed by atoms with van der Waals surface area (Å²) in [5.41, 5.74) is 5.67. The molecule has 0 bridgehead atoms. The van der Waals surface area contributed by atoms with Crippen molar-refractivity contribution in [3.8, 4) is 0 Å². The van der Waals surface area contributed by atoms with Crippen LogP contribution in [0.1, 0.15) is 43.3 Å². The molecule has 118 valence electrons. The van der Waals surface area contributed by atoms with Crippen molar-refractivity contribution >= 4 is 28.2 Å². The standard InChI is InChI=1S/C19H21N3O/c1-11-18-16(12-6-4-5-7-13(12)22-18)17-14(20-10-23)8-19(2,3)9-15(17)21-11/h4-7,10,14,22H,8-9H2,1-3H3,(H,20,23)/t14-/m1/s1. The first-order valence-electron chi connectivity index (χ1n) is 8.10. The SMILES string of the molecule is Cc1nc2c(c3c1[nH]c1ccccc13)[C@H](NC=O)CC(C)(C)C2. The molecule has 1 amide bonds. The fraction of sp³-hybridized carbons (Fsp3) is 0.368. The number of nitrogens with one attached hydrogen (secondary N) is 2. The van der Waals surface area contributed by atoms with Gasteiger partial charge in [-0.05, 0) is 31.2 Å². The van der Waals surface area contributed by atoms with E-state index in [0.717, 1.165) is 41.7 Å². The number of rotatable bonds is 2. The summed E-state index contributed by atoms with van der Waals surface area (Å²) in [7, 11) is 0. The van der Waals surface area contributed by atoms with Crippen LogP contribution < -0.4 is 5.32 Å². The zero-order chi connectivity index (χ0) is 16.2. The normalized spacial score (nSPS) is 19.7. The minimum Gasteiger partial charge on any atom is -0.353 e. The number of aromatic amines is 1. The Morgan fingerprint density at radius 3 is 2.91 bits per heavy atom. The van der Waals surface area contributed by atoms with Gasteiger partial charge in [0, 0.05) is 27.5 Å². The Hall–Kier alpha value is -2.36. The molecule has 0 fully saturated rings. The first kappa shape index (κ1) is 14.2. The summed E-state index contributed by atoms with van der Waals surface area (Å²) in [6.07, 6.45) is 2.68. The van der Waals surface area contributed by atoms with Crippen LogP contribution in [0, 0.1) is 12.3 Å². The molecular weight excluding hydrogens is 286 g/mol. The molecule has 2 N–H and O–H groups in total. The van der Waals surface area contributed by atoms with E-state index in [1.54, 1.807) is 0 Å². The Morgan fingerprint density at radius 2 is 2.13 bits per heavy atom. The van der Waals surface area contributed by atoms with E-state index in [1.165, 1.54) is 16.3 Å². The average Bonchev–Trinajstić information content (AvgIpc) is 2.86. The summed E-state index contributed by atoms with van der Waals surface area (Å²) < 4.78 is 0. The zero-order valence-corrected chi connectivity index (χ0v) is 13.7. The first-order chi connectivity index (χ1) is 11.0. The number of aromatic nitrogens is 2. The van der Waals surface area contributed by atoms with Gasteiger partial charge in [-0.3, -0.25) is 9.78 Å². The van der Waals surface area contributed by atoms with Crippen LogP contribution in [0.4, 0.5) is 0 Å². The lowest BCUT2D eigenvalue weighted by atomic mass is 9.73. The van der Waals surface area contributed by atoms with Gasteiger partial charge < -0.3 is 10.3 Å². The molecule has 0 saturated carbocycles. The Balaban J connectivity index is 2.11. The fourth-order valence-electron chi connectivity index (χ4n) is 4.07. The maximum Gasteiger partial charge on any atom is 0.207 e. The second-order valence-corrected chi connectivity index (χ2v) is 7.36. The molecule has 0 unspecified atom stereocenters. The van der Waals surface area contributed by atoms with Gasteiger partial charge in [0.05, 0.1) is 17.3 Å². The monoisotopic (exact) mass is 307 g/mol. The van der Waals surface area contributed by atoms with E-state index in [-0.39, 0.29) is 11.5 Å². The van der Waals surface area contributed by atoms with Gasteiger partial charge >= 0.3 is 0 Å². The van der Waals surface area contributed by atoms with E-state index < -0.39 is 0 Å². The molecule has 4 heteroatoms. The number of carbonyl (C=O) groups excluding carboxylic acids is 1. The number of aryl methyl sites for hydroxylation is 1. The van der Waals surface area contributed by atoms with Crippen molar-refractivity contribution in [2.75, 3.05) is 0 Å². The van der Waals surface area contributed by atoms with Crippen LogP contribution in [0.25, 0.3) is 21.8 Å². The smallest absolute Gasteiger partial charge is 0.207 e. The number of nitrogens with zero attached hydrogens (tertiary/aromatic N) is 1. The minimum absolute atomic E-state index is 0.0149. The number of pyridine rings is 1. The maximum atomic E-state index is 11.2. The number of fused-ring (bicyclic) bond motifs is 5. The lowest BCUT2D eigenvalue weighted by Crippen LogP contribution is -2.33. The highest BCUT2D eigenvalue weighted by Crippen LogP contribution is 2.44. The Labute approximate surface area is 135 Å². The topological polar surface area (TPSA) is 57.8 Å². The van der Waals surface area contributed by atoms with Crippen molar-refractivity contribution in [3.63, 3.8) is 0 Å². The quantitative estimate of drug-likeness (QED) is 0.708. The fourth-order valence-corrected chi connectivity index (χ4v) is 4.07. The second-order valence-electron chi connectivity index (χ2n) is 7.36. The Kier molecular flexibility index (Phi) is 2.98. The number of hydrogen-bond acceptors (Lipinski definition) is 2. The van der Waals surface area contributed by atoms with Crippen molar-refractivity contribution in [1.82, 2.24) is 15.3 Å². The number of para-hydroxylation sites is 1. The molecule has 3 aromatic rings. The molecule has 0 radical (unpaired) electrons. The van der Waals surface area contributed by atoms with Crippen LogP contribution in [0.3, 0.4) is 0 Å². The van der Waals surface area contributed by atoms with Gasteiger partial charge in [-0.1, -0.05) is 32.0 Å². The molecule has 1 aromatic carbocycles. The van der Waals surface area contributed by atoms with E-state index in [0.29, 0.717) is 0 Å². The highest BCUT2D eigenvalue weighted by Gasteiger charge is 2.35. The minimum atomic E-state index is 0.0149. The molecule has 0 spiro atoms. The Bertz CT molecular complexity index is 923. The van der Waals surface area contributed by atoms with Crippen LogP contribution in [0.2, 0.25) is 0 Å². The van der Waals surface area contributed by atoms with Gasteiger partial charge in [0.1, 0.15) is 0 Å². The van der Waals surface area contributed by atoms with Crippen LogP contribution in [0.15, 0.2) is 24.3 Å². The number of hydrogen-bond donors (Lipinski definition) is 2. The number of amides is 1. The molecule has 1 aliphatic rings. The van der Waals surface area contributed by atoms with Crippen molar-refractivity contribution < 1.29 is 4.79 Å². The maximum absolute atomic E-state index is 11.2. The third kappa shape index (κ3) is 2.12. The van der Waals surface area contributed by atoms with E-state index in [9.17, 15) is 4.79 Å². The van der Waals surface area contributed by atoms with Gasteiger partial charge in [-0.2, -0.15) is 0 Å². The molecule has 0 saturated heterocycles. The number of carbonyl (C=O) groups is 1. The van der Waals surface area contributed by atoms with E-state index in [1.807, 2.05) is 6.07 Å². The largest absolute Gasteiger partial charge is 0.353 e. The highest BCUT2D eigenvalue weighted by atomic mass is 16.1. The highest BCUT2D eigenvalue weighted by molar-refractivity contribution is 6.10. The van der Waals surface area contributed by atoms with Crippen molar-refractivity contribution in [3.05, 3.63) is 41.2 Å². The molecule has 23 heavy (non-hydrogen) atoms. The molecular formula is C19H21N3O. The third-order valence-electron chi connectivity index (χ3n) is 4.97. The van der Waals surface area contributed by atoms with Gasteiger partial charge in [-0.15, -0.1) is 0 Å². The summed E-state index contributed by atoms with van der Waals surface area (Å²) in [6.45, 7) is 6.54. The van der Waals surface area contributed by atoms with Crippen LogP contribution in [-0.4, -0.2) is 16.4 Å². The molecule has 2 aromatic heterocycles. The summed E-state index contributed by atoms with van der Waals surface area (Å²) in [5, 5.41) is 5.46. The molecule has 4 rings (SSSR count). The van der Waals surface area contributed by atoms with Crippen LogP contribution >= 0.6 is 0 Å². The van der Waals surface area contributed by atoms with E-state index in [2.05, 4.69) is 49.3 Å². The first-order valence-corrected chi connectivity index (χ1v) is 8.10. The molecule has 0 aliphatic heterocycles. The number of benzene rings is 1. The molecule has 2 heterocycles. The lowest BCUT2D eigenvalue weighted by molar-refractivity contribution is -0.110. The number of H-pyrrole nitrogens is 1. The van der Waals surface area contributed by atoms with E-state index >= 15 is 0 Å². The predicted molar refractivity (Wildman–Crippen MR) is 92.4 cm³/mol. The predicted octanol–water partition coefficient (Wildman–Crippen LogP) is 3.78. The van der Waals surface area contributed by atoms with Crippen molar-refractivity contribution in [2.24, 2.45) is 5.41 Å². The van der Waals surface area contributed by atoms with Gasteiger partial charge in [0.15, 0.2) is 0 Å². The van der Waals surface area contributed by atoms with Gasteiger partial charge in [0.2, 0.25) is 6.41 Å². The summed E-state index contributed by atoms with van der Waals surface area (Å²) in [4.78, 5) is 19.5.